The van der Waals surface area contributed by atoms with Crippen molar-refractivity contribution >= 4 is 11.8 Å². The van der Waals surface area contributed by atoms with E-state index in [0.29, 0.717) is 29.2 Å². The SMILES string of the molecule is CCCCCCCOc1cccc(OCC(=O)Oc2ccc(C(=O)c3ccccc3)cc2)c1. The lowest BCUT2D eigenvalue weighted by Gasteiger charge is -2.10. The first-order valence-corrected chi connectivity index (χ1v) is 11.4. The summed E-state index contributed by atoms with van der Waals surface area (Å²) >= 11 is 0. The van der Waals surface area contributed by atoms with Crippen LogP contribution in [0.2, 0.25) is 0 Å². The fourth-order valence-electron chi connectivity index (χ4n) is 3.28. The Morgan fingerprint density at radius 2 is 1.33 bits per heavy atom. The van der Waals surface area contributed by atoms with Crippen LogP contribution in [0.3, 0.4) is 0 Å². The summed E-state index contributed by atoms with van der Waals surface area (Å²) in [5, 5.41) is 0. The smallest absolute Gasteiger partial charge is 0.349 e. The molecule has 3 rings (SSSR count). The molecule has 0 aromatic heterocycles. The highest BCUT2D eigenvalue weighted by Gasteiger charge is 2.11. The first kappa shape index (κ1) is 24.1. The number of carbonyl (C=O) groups is 2. The van der Waals surface area contributed by atoms with Crippen LogP contribution in [0.4, 0.5) is 0 Å². The summed E-state index contributed by atoms with van der Waals surface area (Å²) in [4.78, 5) is 24.6. The molecule has 5 heteroatoms. The van der Waals surface area contributed by atoms with Crippen LogP contribution < -0.4 is 14.2 Å². The highest BCUT2D eigenvalue weighted by atomic mass is 16.6. The van der Waals surface area contributed by atoms with Crippen LogP contribution in [0.15, 0.2) is 78.9 Å². The zero-order valence-corrected chi connectivity index (χ0v) is 19.0. The Morgan fingerprint density at radius 3 is 2.06 bits per heavy atom. The molecule has 0 unspecified atom stereocenters. The summed E-state index contributed by atoms with van der Waals surface area (Å²) in [7, 11) is 0. The number of benzene rings is 3. The van der Waals surface area contributed by atoms with E-state index in [1.54, 1.807) is 48.5 Å². The molecule has 0 saturated heterocycles. The molecule has 33 heavy (non-hydrogen) atoms. The summed E-state index contributed by atoms with van der Waals surface area (Å²) in [5.41, 5.74) is 1.14. The van der Waals surface area contributed by atoms with Crippen LogP contribution >= 0.6 is 0 Å². The van der Waals surface area contributed by atoms with Gasteiger partial charge in [-0.25, -0.2) is 4.79 Å². The predicted octanol–water partition coefficient (Wildman–Crippen LogP) is 6.25. The monoisotopic (exact) mass is 446 g/mol. The Morgan fingerprint density at radius 1 is 0.667 bits per heavy atom. The lowest BCUT2D eigenvalue weighted by molar-refractivity contribution is -0.136. The van der Waals surface area contributed by atoms with E-state index in [0.717, 1.165) is 18.6 Å². The summed E-state index contributed by atoms with van der Waals surface area (Å²) in [5.74, 6) is 1.00. The van der Waals surface area contributed by atoms with E-state index in [4.69, 9.17) is 14.2 Å². The molecular formula is C28H30O5. The van der Waals surface area contributed by atoms with Crippen LogP contribution in [0, 0.1) is 0 Å². The molecule has 0 amide bonds. The summed E-state index contributed by atoms with van der Waals surface area (Å²) in [6.45, 7) is 2.63. The number of hydrogen-bond donors (Lipinski definition) is 0. The zero-order valence-electron chi connectivity index (χ0n) is 19.0. The largest absolute Gasteiger partial charge is 0.493 e. The van der Waals surface area contributed by atoms with Crippen molar-refractivity contribution in [2.24, 2.45) is 0 Å². The van der Waals surface area contributed by atoms with Crippen LogP contribution in [0.5, 0.6) is 17.2 Å². The van der Waals surface area contributed by atoms with E-state index >= 15 is 0 Å². The van der Waals surface area contributed by atoms with Crippen molar-refractivity contribution in [3.63, 3.8) is 0 Å². The standard InChI is InChI=1S/C28H30O5/c1-2-3-4-5-9-19-31-25-13-10-14-26(20-25)32-21-27(29)33-24-17-15-23(16-18-24)28(30)22-11-7-6-8-12-22/h6-8,10-18,20H,2-5,9,19,21H2,1H3. The average molecular weight is 447 g/mol. The Bertz CT molecular complexity index is 1010. The van der Waals surface area contributed by atoms with E-state index in [1.165, 1.54) is 19.3 Å². The molecular weight excluding hydrogens is 416 g/mol. The molecule has 0 fully saturated rings. The predicted molar refractivity (Wildman–Crippen MR) is 128 cm³/mol. The number of carbonyl (C=O) groups excluding carboxylic acids is 2. The second kappa shape index (κ2) is 13.1. The molecule has 0 aliphatic rings. The van der Waals surface area contributed by atoms with Crippen molar-refractivity contribution in [3.8, 4) is 17.2 Å². The minimum atomic E-state index is -0.528. The third kappa shape index (κ3) is 8.11. The Hall–Kier alpha value is -3.60. The van der Waals surface area contributed by atoms with Crippen molar-refractivity contribution in [2.75, 3.05) is 13.2 Å². The molecule has 172 valence electrons. The van der Waals surface area contributed by atoms with Gasteiger partial charge in [0.2, 0.25) is 0 Å². The van der Waals surface area contributed by atoms with Crippen LogP contribution in [-0.2, 0) is 4.79 Å². The van der Waals surface area contributed by atoms with Gasteiger partial charge in [0.15, 0.2) is 12.4 Å². The number of esters is 1. The van der Waals surface area contributed by atoms with Crippen molar-refractivity contribution in [2.45, 2.75) is 39.0 Å². The fraction of sp³-hybridized carbons (Fsp3) is 0.286. The molecule has 0 spiro atoms. The van der Waals surface area contributed by atoms with Crippen molar-refractivity contribution in [1.29, 1.82) is 0 Å². The molecule has 3 aromatic carbocycles. The Kier molecular flexibility index (Phi) is 9.52. The highest BCUT2D eigenvalue weighted by molar-refractivity contribution is 6.09. The summed E-state index contributed by atoms with van der Waals surface area (Å²) in [6.07, 6.45) is 5.90. The maximum absolute atomic E-state index is 12.5. The van der Waals surface area contributed by atoms with Crippen LogP contribution in [0.1, 0.15) is 54.9 Å². The molecule has 0 aliphatic heterocycles. The second-order valence-corrected chi connectivity index (χ2v) is 7.72. The summed E-state index contributed by atoms with van der Waals surface area (Å²) < 4.78 is 16.6. The van der Waals surface area contributed by atoms with Crippen molar-refractivity contribution < 1.29 is 23.8 Å². The van der Waals surface area contributed by atoms with Gasteiger partial charge in [-0.15, -0.1) is 0 Å². The lowest BCUT2D eigenvalue weighted by atomic mass is 10.0. The molecule has 0 radical (unpaired) electrons. The molecule has 5 nitrogen and oxygen atoms in total. The summed E-state index contributed by atoms with van der Waals surface area (Å²) in [6, 6.07) is 22.7. The third-order valence-electron chi connectivity index (χ3n) is 5.06. The number of ketones is 1. The maximum Gasteiger partial charge on any atom is 0.349 e. The minimum Gasteiger partial charge on any atom is -0.493 e. The molecule has 3 aromatic rings. The van der Waals surface area contributed by atoms with Gasteiger partial charge in [0.25, 0.3) is 0 Å². The Labute approximate surface area is 195 Å². The number of rotatable bonds is 13. The quantitative estimate of drug-likeness (QED) is 0.134. The van der Waals surface area contributed by atoms with E-state index in [-0.39, 0.29) is 12.4 Å². The zero-order chi connectivity index (χ0) is 23.3. The molecule has 0 N–H and O–H groups in total. The fourth-order valence-corrected chi connectivity index (χ4v) is 3.28. The minimum absolute atomic E-state index is 0.0835. The average Bonchev–Trinajstić information content (AvgIpc) is 2.86. The van der Waals surface area contributed by atoms with Gasteiger partial charge in [0, 0.05) is 17.2 Å². The molecule has 0 aliphatic carbocycles. The lowest BCUT2D eigenvalue weighted by Crippen LogP contribution is -2.17. The van der Waals surface area contributed by atoms with Gasteiger partial charge in [-0.1, -0.05) is 69.0 Å². The third-order valence-corrected chi connectivity index (χ3v) is 5.06. The first-order valence-electron chi connectivity index (χ1n) is 11.4. The van der Waals surface area contributed by atoms with Gasteiger partial charge in [-0.3, -0.25) is 4.79 Å². The number of hydrogen-bond acceptors (Lipinski definition) is 5. The Balaban J connectivity index is 1.43. The van der Waals surface area contributed by atoms with Crippen LogP contribution in [-0.4, -0.2) is 25.0 Å². The van der Waals surface area contributed by atoms with Gasteiger partial charge in [0.05, 0.1) is 6.61 Å². The van der Waals surface area contributed by atoms with Crippen molar-refractivity contribution in [1.82, 2.24) is 0 Å². The molecule has 0 atom stereocenters. The normalized spacial score (nSPS) is 10.5. The molecule has 0 bridgehead atoms. The van der Waals surface area contributed by atoms with Gasteiger partial charge < -0.3 is 14.2 Å². The first-order chi connectivity index (χ1) is 16.2. The van der Waals surface area contributed by atoms with Gasteiger partial charge in [-0.05, 0) is 42.8 Å². The van der Waals surface area contributed by atoms with Gasteiger partial charge >= 0.3 is 5.97 Å². The topological polar surface area (TPSA) is 61.8 Å². The molecule has 0 heterocycles. The number of unbranched alkanes of at least 4 members (excludes halogenated alkanes) is 4. The molecule has 0 saturated carbocycles. The van der Waals surface area contributed by atoms with E-state index < -0.39 is 5.97 Å². The highest BCUT2D eigenvalue weighted by Crippen LogP contribution is 2.20. The van der Waals surface area contributed by atoms with Crippen molar-refractivity contribution in [3.05, 3.63) is 90.0 Å². The van der Waals surface area contributed by atoms with Gasteiger partial charge in [-0.2, -0.15) is 0 Å². The van der Waals surface area contributed by atoms with Crippen LogP contribution in [0.25, 0.3) is 0 Å². The van der Waals surface area contributed by atoms with E-state index in [1.807, 2.05) is 30.3 Å². The van der Waals surface area contributed by atoms with E-state index in [9.17, 15) is 9.59 Å². The van der Waals surface area contributed by atoms with E-state index in [2.05, 4.69) is 6.92 Å². The maximum atomic E-state index is 12.5. The second-order valence-electron chi connectivity index (χ2n) is 7.72. The van der Waals surface area contributed by atoms with Gasteiger partial charge in [0.1, 0.15) is 17.2 Å². The number of ether oxygens (including phenoxy) is 3.